The molecule has 15 heavy (non-hydrogen) atoms. The van der Waals surface area contributed by atoms with Crippen molar-refractivity contribution in [3.63, 3.8) is 0 Å². The number of carbonyl (C=O) groups is 1. The van der Waals surface area contributed by atoms with Gasteiger partial charge >= 0.3 is 5.97 Å². The maximum Gasteiger partial charge on any atom is 0.328 e. The number of allylic oxidation sites excluding steroid dienone is 2. The monoisotopic (exact) mass is 286 g/mol. The smallest absolute Gasteiger partial charge is 0.328 e. The van der Waals surface area contributed by atoms with Crippen molar-refractivity contribution in [2.75, 3.05) is 0 Å². The number of benzene rings is 1. The van der Waals surface area contributed by atoms with Crippen molar-refractivity contribution in [3.05, 3.63) is 51.5 Å². The number of halogens is 2. The van der Waals surface area contributed by atoms with Gasteiger partial charge in [-0.1, -0.05) is 51.8 Å². The summed E-state index contributed by atoms with van der Waals surface area (Å²) in [5.74, 6) is -0.963. The zero-order valence-electron chi connectivity index (χ0n) is 7.65. The first kappa shape index (κ1) is 12.0. The molecule has 0 atom stereocenters. The summed E-state index contributed by atoms with van der Waals surface area (Å²) in [6.45, 7) is 0. The SMILES string of the molecule is O=C(O)/C=C/C=C/c1ccc(Cl)cc1Br. The highest BCUT2D eigenvalue weighted by atomic mass is 79.9. The van der Waals surface area contributed by atoms with Crippen molar-refractivity contribution < 1.29 is 9.90 Å². The Labute approximate surface area is 101 Å². The maximum absolute atomic E-state index is 10.2. The summed E-state index contributed by atoms with van der Waals surface area (Å²) in [7, 11) is 0. The molecule has 0 bridgehead atoms. The minimum absolute atomic E-state index is 0.653. The molecule has 78 valence electrons. The molecule has 0 amide bonds. The molecule has 0 aliphatic rings. The predicted molar refractivity (Wildman–Crippen MR) is 65.0 cm³/mol. The van der Waals surface area contributed by atoms with Gasteiger partial charge in [0.05, 0.1) is 0 Å². The molecular formula is C11H8BrClO2. The second kappa shape index (κ2) is 5.73. The van der Waals surface area contributed by atoms with Crippen molar-refractivity contribution >= 4 is 39.6 Å². The van der Waals surface area contributed by atoms with E-state index in [0.29, 0.717) is 5.02 Å². The van der Waals surface area contributed by atoms with Crippen molar-refractivity contribution in [1.82, 2.24) is 0 Å². The highest BCUT2D eigenvalue weighted by molar-refractivity contribution is 9.10. The van der Waals surface area contributed by atoms with Gasteiger partial charge in [-0.3, -0.25) is 0 Å². The number of hydrogen-bond donors (Lipinski definition) is 1. The van der Waals surface area contributed by atoms with Crippen LogP contribution in [-0.4, -0.2) is 11.1 Å². The van der Waals surface area contributed by atoms with Crippen molar-refractivity contribution in [2.45, 2.75) is 0 Å². The highest BCUT2D eigenvalue weighted by Crippen LogP contribution is 2.22. The first-order valence-electron chi connectivity index (χ1n) is 4.12. The van der Waals surface area contributed by atoms with Crippen LogP contribution >= 0.6 is 27.5 Å². The highest BCUT2D eigenvalue weighted by Gasteiger charge is 1.95. The molecule has 1 N–H and O–H groups in total. The van der Waals surface area contributed by atoms with E-state index in [-0.39, 0.29) is 0 Å². The predicted octanol–water partition coefficient (Wildman–Crippen LogP) is 3.76. The number of rotatable bonds is 3. The molecule has 0 aliphatic heterocycles. The summed E-state index contributed by atoms with van der Waals surface area (Å²) in [5, 5.41) is 9.01. The summed E-state index contributed by atoms with van der Waals surface area (Å²) < 4.78 is 0.870. The fraction of sp³-hybridized carbons (Fsp3) is 0. The summed E-state index contributed by atoms with van der Waals surface area (Å²) in [6.07, 6.45) is 5.98. The number of carboxylic acids is 1. The van der Waals surface area contributed by atoms with Gasteiger partial charge in [-0.25, -0.2) is 4.79 Å². The molecule has 0 fully saturated rings. The summed E-state index contributed by atoms with van der Waals surface area (Å²) in [4.78, 5) is 10.2. The molecule has 0 aliphatic carbocycles. The van der Waals surface area contributed by atoms with Gasteiger partial charge in [-0.15, -0.1) is 0 Å². The van der Waals surface area contributed by atoms with E-state index in [9.17, 15) is 4.79 Å². The Bertz CT molecular complexity index is 425. The van der Waals surface area contributed by atoms with Gasteiger partial charge in [0.25, 0.3) is 0 Å². The largest absolute Gasteiger partial charge is 0.478 e. The third-order valence-corrected chi connectivity index (χ3v) is 2.51. The van der Waals surface area contributed by atoms with Crippen LogP contribution < -0.4 is 0 Å². The molecule has 0 radical (unpaired) electrons. The van der Waals surface area contributed by atoms with E-state index < -0.39 is 5.97 Å². The normalized spacial score (nSPS) is 11.3. The lowest BCUT2D eigenvalue weighted by molar-refractivity contribution is -0.131. The van der Waals surface area contributed by atoms with Gasteiger partial charge in [-0.2, -0.15) is 0 Å². The third kappa shape index (κ3) is 4.32. The second-order valence-corrected chi connectivity index (χ2v) is 4.01. The van der Waals surface area contributed by atoms with Gasteiger partial charge in [-0.05, 0) is 17.7 Å². The van der Waals surface area contributed by atoms with Crippen LogP contribution in [-0.2, 0) is 4.79 Å². The Morgan fingerprint density at radius 1 is 1.40 bits per heavy atom. The zero-order valence-corrected chi connectivity index (χ0v) is 9.99. The fourth-order valence-corrected chi connectivity index (χ4v) is 1.75. The van der Waals surface area contributed by atoms with Gasteiger partial charge in [0.15, 0.2) is 0 Å². The summed E-state index contributed by atoms with van der Waals surface area (Å²) in [6, 6.07) is 5.40. The molecule has 0 saturated heterocycles. The minimum atomic E-state index is -0.963. The number of hydrogen-bond acceptors (Lipinski definition) is 1. The molecule has 0 unspecified atom stereocenters. The average molecular weight is 288 g/mol. The summed E-state index contributed by atoms with van der Waals surface area (Å²) >= 11 is 9.13. The summed E-state index contributed by atoms with van der Waals surface area (Å²) in [5.41, 5.74) is 0.939. The standard InChI is InChI=1S/C11H8BrClO2/c12-10-7-9(13)6-5-8(10)3-1-2-4-11(14)15/h1-7H,(H,14,15)/b3-1+,4-2+. The second-order valence-electron chi connectivity index (χ2n) is 2.72. The molecule has 1 aromatic carbocycles. The Balaban J connectivity index is 2.77. The van der Waals surface area contributed by atoms with Crippen LogP contribution in [0.3, 0.4) is 0 Å². The van der Waals surface area contributed by atoms with E-state index in [0.717, 1.165) is 16.1 Å². The quantitative estimate of drug-likeness (QED) is 0.679. The average Bonchev–Trinajstić information content (AvgIpc) is 2.14. The molecule has 1 aromatic rings. The maximum atomic E-state index is 10.2. The van der Waals surface area contributed by atoms with E-state index in [2.05, 4.69) is 15.9 Å². The van der Waals surface area contributed by atoms with Crippen LogP contribution in [0.2, 0.25) is 5.02 Å². The molecule has 1 rings (SSSR count). The Morgan fingerprint density at radius 3 is 2.73 bits per heavy atom. The molecular weight excluding hydrogens is 279 g/mol. The van der Waals surface area contributed by atoms with Crippen LogP contribution in [0.25, 0.3) is 6.08 Å². The van der Waals surface area contributed by atoms with Crippen LogP contribution in [0.1, 0.15) is 5.56 Å². The van der Waals surface area contributed by atoms with Crippen LogP contribution in [0.4, 0.5) is 0 Å². The molecule has 2 nitrogen and oxygen atoms in total. The van der Waals surface area contributed by atoms with Crippen molar-refractivity contribution in [2.24, 2.45) is 0 Å². The molecule has 4 heteroatoms. The van der Waals surface area contributed by atoms with Gasteiger partial charge in [0.2, 0.25) is 0 Å². The third-order valence-electron chi connectivity index (χ3n) is 1.59. The zero-order chi connectivity index (χ0) is 11.3. The van der Waals surface area contributed by atoms with E-state index in [4.69, 9.17) is 16.7 Å². The fourth-order valence-electron chi connectivity index (χ4n) is 0.934. The molecule has 0 heterocycles. The van der Waals surface area contributed by atoms with E-state index in [1.165, 1.54) is 6.08 Å². The van der Waals surface area contributed by atoms with Crippen LogP contribution in [0.15, 0.2) is 40.9 Å². The lowest BCUT2D eigenvalue weighted by Gasteiger charge is -1.97. The first-order chi connectivity index (χ1) is 7.09. The van der Waals surface area contributed by atoms with Gasteiger partial charge in [0.1, 0.15) is 0 Å². The Morgan fingerprint density at radius 2 is 2.13 bits per heavy atom. The number of carboxylic acid groups (broad SMARTS) is 1. The lowest BCUT2D eigenvalue weighted by Crippen LogP contribution is -1.84. The molecule has 0 saturated carbocycles. The van der Waals surface area contributed by atoms with Crippen LogP contribution in [0, 0.1) is 0 Å². The van der Waals surface area contributed by atoms with Crippen molar-refractivity contribution in [3.8, 4) is 0 Å². The van der Waals surface area contributed by atoms with Crippen molar-refractivity contribution in [1.29, 1.82) is 0 Å². The van der Waals surface area contributed by atoms with E-state index >= 15 is 0 Å². The Kier molecular flexibility index (Phi) is 4.59. The number of aliphatic carboxylic acids is 1. The van der Waals surface area contributed by atoms with Gasteiger partial charge in [0, 0.05) is 15.6 Å². The topological polar surface area (TPSA) is 37.3 Å². The van der Waals surface area contributed by atoms with Crippen LogP contribution in [0.5, 0.6) is 0 Å². The first-order valence-corrected chi connectivity index (χ1v) is 5.29. The Hall–Kier alpha value is -1.06. The van der Waals surface area contributed by atoms with Gasteiger partial charge < -0.3 is 5.11 Å². The lowest BCUT2D eigenvalue weighted by atomic mass is 10.2. The molecule has 0 aromatic heterocycles. The minimum Gasteiger partial charge on any atom is -0.478 e. The van der Waals surface area contributed by atoms with E-state index in [1.807, 2.05) is 6.07 Å². The van der Waals surface area contributed by atoms with E-state index in [1.54, 1.807) is 24.3 Å². The molecule has 0 spiro atoms.